The lowest BCUT2D eigenvalue weighted by Gasteiger charge is -2.23. The summed E-state index contributed by atoms with van der Waals surface area (Å²) >= 11 is 0. The van der Waals surface area contributed by atoms with Gasteiger partial charge in [-0.15, -0.1) is 0 Å². The van der Waals surface area contributed by atoms with Gasteiger partial charge < -0.3 is 15.4 Å². The van der Waals surface area contributed by atoms with Crippen LogP contribution in [0.15, 0.2) is 78.9 Å². The number of nitrogens with one attached hydrogen (secondary N) is 2. The average Bonchev–Trinajstić information content (AvgIpc) is 2.89. The van der Waals surface area contributed by atoms with Gasteiger partial charge in [0.05, 0.1) is 0 Å². The Hall–Kier alpha value is -3.60. The molecule has 0 bridgehead atoms. The minimum Gasteiger partial charge on any atom is -0.481 e. The van der Waals surface area contributed by atoms with Gasteiger partial charge in [0.2, 0.25) is 0 Å². The van der Waals surface area contributed by atoms with Crippen molar-refractivity contribution in [3.05, 3.63) is 84.4 Å². The number of carbonyl (C=O) groups excluding carboxylic acids is 2. The van der Waals surface area contributed by atoms with Gasteiger partial charge in [-0.1, -0.05) is 74.7 Å². The highest BCUT2D eigenvalue weighted by molar-refractivity contribution is 5.98. The molecule has 3 aromatic rings. The molecular formula is C29H32N2O3. The highest BCUT2D eigenvalue weighted by Crippen LogP contribution is 2.23. The number of rotatable bonds is 8. The molecular weight excluding hydrogens is 424 g/mol. The maximum absolute atomic E-state index is 12.9. The van der Waals surface area contributed by atoms with Gasteiger partial charge in [0.15, 0.2) is 6.10 Å². The first-order valence-corrected chi connectivity index (χ1v) is 12.2. The number of amides is 2. The molecule has 2 N–H and O–H groups in total. The summed E-state index contributed by atoms with van der Waals surface area (Å²) < 4.78 is 5.98. The maximum Gasteiger partial charge on any atom is 0.265 e. The summed E-state index contributed by atoms with van der Waals surface area (Å²) in [7, 11) is 0. The Morgan fingerprint density at radius 3 is 2.29 bits per heavy atom. The SMILES string of the molecule is CCC(Oc1ccc(-c2ccccc2)cc1)C(=O)Nc1cccc(C(=O)NC2CCCCC2)c1. The summed E-state index contributed by atoms with van der Waals surface area (Å²) in [6, 6.07) is 25.2. The van der Waals surface area contributed by atoms with Crippen LogP contribution in [0.2, 0.25) is 0 Å². The number of carbonyl (C=O) groups is 2. The second-order valence-electron chi connectivity index (χ2n) is 8.78. The van der Waals surface area contributed by atoms with Crippen LogP contribution in [0.25, 0.3) is 11.1 Å². The first kappa shape index (κ1) is 23.6. The van der Waals surface area contributed by atoms with Crippen LogP contribution < -0.4 is 15.4 Å². The highest BCUT2D eigenvalue weighted by Gasteiger charge is 2.20. The van der Waals surface area contributed by atoms with Gasteiger partial charge in [-0.25, -0.2) is 0 Å². The van der Waals surface area contributed by atoms with Crippen LogP contribution in [0.5, 0.6) is 5.75 Å². The lowest BCUT2D eigenvalue weighted by Crippen LogP contribution is -2.36. The van der Waals surface area contributed by atoms with Crippen molar-refractivity contribution in [3.63, 3.8) is 0 Å². The first-order valence-electron chi connectivity index (χ1n) is 12.2. The molecule has 0 aromatic heterocycles. The van der Waals surface area contributed by atoms with Gasteiger partial charge in [-0.05, 0) is 60.7 Å². The van der Waals surface area contributed by atoms with Crippen LogP contribution in [0.4, 0.5) is 5.69 Å². The van der Waals surface area contributed by atoms with Crippen LogP contribution in [0.3, 0.4) is 0 Å². The van der Waals surface area contributed by atoms with E-state index in [1.54, 1.807) is 24.3 Å². The molecule has 0 spiro atoms. The van der Waals surface area contributed by atoms with Gasteiger partial charge in [-0.2, -0.15) is 0 Å². The fraction of sp³-hybridized carbons (Fsp3) is 0.310. The zero-order valence-corrected chi connectivity index (χ0v) is 19.6. The van der Waals surface area contributed by atoms with E-state index in [0.29, 0.717) is 23.4 Å². The van der Waals surface area contributed by atoms with E-state index < -0.39 is 6.10 Å². The summed E-state index contributed by atoms with van der Waals surface area (Å²) in [6.45, 7) is 1.91. The Labute approximate surface area is 201 Å². The molecule has 176 valence electrons. The molecule has 1 saturated carbocycles. The summed E-state index contributed by atoms with van der Waals surface area (Å²) in [5, 5.41) is 6.03. The summed E-state index contributed by atoms with van der Waals surface area (Å²) in [4.78, 5) is 25.6. The average molecular weight is 457 g/mol. The van der Waals surface area contributed by atoms with Crippen molar-refractivity contribution in [2.45, 2.75) is 57.6 Å². The highest BCUT2D eigenvalue weighted by atomic mass is 16.5. The zero-order chi connectivity index (χ0) is 23.8. The zero-order valence-electron chi connectivity index (χ0n) is 19.6. The summed E-state index contributed by atoms with van der Waals surface area (Å²) in [5.74, 6) is 0.312. The third-order valence-corrected chi connectivity index (χ3v) is 6.24. The van der Waals surface area contributed by atoms with E-state index in [0.717, 1.165) is 36.8 Å². The molecule has 5 heteroatoms. The summed E-state index contributed by atoms with van der Waals surface area (Å²) in [6.07, 6.45) is 5.51. The standard InChI is InChI=1S/C29H32N2O3/c1-2-27(34-26-18-16-22(17-19-26)21-10-5-3-6-11-21)29(33)31-25-15-9-12-23(20-25)28(32)30-24-13-7-4-8-14-24/h3,5-6,9-12,15-20,24,27H,2,4,7-8,13-14H2,1H3,(H,30,32)(H,31,33). The van der Waals surface area contributed by atoms with E-state index in [9.17, 15) is 9.59 Å². The topological polar surface area (TPSA) is 67.4 Å². The molecule has 0 aliphatic heterocycles. The Balaban J connectivity index is 1.36. The van der Waals surface area contributed by atoms with Crippen LogP contribution >= 0.6 is 0 Å². The van der Waals surface area contributed by atoms with E-state index in [-0.39, 0.29) is 17.9 Å². The molecule has 34 heavy (non-hydrogen) atoms. The monoisotopic (exact) mass is 456 g/mol. The van der Waals surface area contributed by atoms with E-state index in [1.807, 2.05) is 49.4 Å². The number of ether oxygens (including phenoxy) is 1. The molecule has 3 aromatic carbocycles. The van der Waals surface area contributed by atoms with Gasteiger partial charge >= 0.3 is 0 Å². The van der Waals surface area contributed by atoms with Crippen LogP contribution in [-0.2, 0) is 4.79 Å². The lowest BCUT2D eigenvalue weighted by molar-refractivity contribution is -0.122. The molecule has 0 saturated heterocycles. The number of anilines is 1. The Kier molecular flexibility index (Phi) is 7.97. The third kappa shape index (κ3) is 6.25. The van der Waals surface area contributed by atoms with E-state index in [2.05, 4.69) is 22.8 Å². The number of benzene rings is 3. The molecule has 1 unspecified atom stereocenters. The Bertz CT molecular complexity index is 1090. The van der Waals surface area contributed by atoms with Gasteiger partial charge in [-0.3, -0.25) is 9.59 Å². The molecule has 1 aliphatic carbocycles. The van der Waals surface area contributed by atoms with Crippen molar-refractivity contribution in [1.29, 1.82) is 0 Å². The molecule has 2 amide bonds. The lowest BCUT2D eigenvalue weighted by atomic mass is 9.95. The molecule has 1 atom stereocenters. The van der Waals surface area contributed by atoms with Gasteiger partial charge in [0.1, 0.15) is 5.75 Å². The quantitative estimate of drug-likeness (QED) is 0.423. The predicted molar refractivity (Wildman–Crippen MR) is 136 cm³/mol. The fourth-order valence-electron chi connectivity index (χ4n) is 4.32. The number of hydrogen-bond acceptors (Lipinski definition) is 3. The molecule has 1 aliphatic rings. The van der Waals surface area contributed by atoms with Crippen LogP contribution in [0, 0.1) is 0 Å². The summed E-state index contributed by atoms with van der Waals surface area (Å²) in [5.41, 5.74) is 3.36. The smallest absolute Gasteiger partial charge is 0.265 e. The fourth-order valence-corrected chi connectivity index (χ4v) is 4.32. The van der Waals surface area contributed by atoms with Crippen LogP contribution in [0.1, 0.15) is 55.8 Å². The van der Waals surface area contributed by atoms with E-state index in [4.69, 9.17) is 4.74 Å². The molecule has 4 rings (SSSR count). The van der Waals surface area contributed by atoms with Crippen molar-refractivity contribution in [3.8, 4) is 16.9 Å². The normalized spacial score (nSPS) is 14.7. The van der Waals surface area contributed by atoms with Crippen LogP contribution in [-0.4, -0.2) is 24.0 Å². The predicted octanol–water partition coefficient (Wildman–Crippen LogP) is 6.21. The van der Waals surface area contributed by atoms with Crippen molar-refractivity contribution in [1.82, 2.24) is 5.32 Å². The molecule has 0 radical (unpaired) electrons. The molecule has 5 nitrogen and oxygen atoms in total. The van der Waals surface area contributed by atoms with Crippen molar-refractivity contribution in [2.24, 2.45) is 0 Å². The third-order valence-electron chi connectivity index (χ3n) is 6.24. The minimum atomic E-state index is -0.637. The van der Waals surface area contributed by atoms with Gasteiger partial charge in [0.25, 0.3) is 11.8 Å². The Morgan fingerprint density at radius 2 is 1.59 bits per heavy atom. The second kappa shape index (κ2) is 11.5. The largest absolute Gasteiger partial charge is 0.481 e. The van der Waals surface area contributed by atoms with E-state index in [1.165, 1.54) is 6.42 Å². The number of hydrogen-bond donors (Lipinski definition) is 2. The van der Waals surface area contributed by atoms with Crippen molar-refractivity contribution < 1.29 is 14.3 Å². The molecule has 0 heterocycles. The van der Waals surface area contributed by atoms with Crippen molar-refractivity contribution >= 4 is 17.5 Å². The first-order chi connectivity index (χ1) is 16.6. The second-order valence-corrected chi connectivity index (χ2v) is 8.78. The minimum absolute atomic E-state index is 0.0928. The maximum atomic E-state index is 12.9. The van der Waals surface area contributed by atoms with Gasteiger partial charge in [0, 0.05) is 17.3 Å². The molecule has 1 fully saturated rings. The Morgan fingerprint density at radius 1 is 0.882 bits per heavy atom. The van der Waals surface area contributed by atoms with E-state index >= 15 is 0 Å². The van der Waals surface area contributed by atoms with Crippen molar-refractivity contribution in [2.75, 3.05) is 5.32 Å².